The predicted molar refractivity (Wildman–Crippen MR) is 72.1 cm³/mol. The Kier molecular flexibility index (Phi) is 2.85. The maximum absolute atomic E-state index is 11.3. The van der Waals surface area contributed by atoms with Crippen LogP contribution in [-0.4, -0.2) is 16.1 Å². The summed E-state index contributed by atoms with van der Waals surface area (Å²) in [7, 11) is 0. The number of carboxylic acids is 1. The Morgan fingerprint density at radius 3 is 2.50 bits per heavy atom. The molecule has 0 fully saturated rings. The van der Waals surface area contributed by atoms with E-state index < -0.39 is 5.97 Å². The van der Waals surface area contributed by atoms with Crippen LogP contribution in [0.4, 0.5) is 0 Å². The SMILES string of the molecule is Cc1ccc2c(C(C)(C)C)c(C(=O)O)cnc2c1. The van der Waals surface area contributed by atoms with Gasteiger partial charge in [0.25, 0.3) is 0 Å². The third-order valence-electron chi connectivity index (χ3n) is 3.01. The van der Waals surface area contributed by atoms with E-state index in [9.17, 15) is 9.90 Å². The molecule has 2 aromatic rings. The summed E-state index contributed by atoms with van der Waals surface area (Å²) in [5, 5.41) is 10.2. The maximum atomic E-state index is 11.3. The molecule has 1 aromatic heterocycles. The van der Waals surface area contributed by atoms with Crippen molar-refractivity contribution in [2.24, 2.45) is 0 Å². The van der Waals surface area contributed by atoms with Crippen molar-refractivity contribution in [3.05, 3.63) is 41.1 Å². The molecule has 18 heavy (non-hydrogen) atoms. The van der Waals surface area contributed by atoms with Gasteiger partial charge in [0.15, 0.2) is 0 Å². The molecule has 0 spiro atoms. The number of hydrogen-bond acceptors (Lipinski definition) is 2. The molecular weight excluding hydrogens is 226 g/mol. The second-order valence-corrected chi connectivity index (χ2v) is 5.62. The molecule has 0 saturated heterocycles. The molecule has 0 amide bonds. The van der Waals surface area contributed by atoms with Crippen molar-refractivity contribution < 1.29 is 9.90 Å². The molecule has 3 heteroatoms. The Balaban J connectivity index is 2.90. The summed E-state index contributed by atoms with van der Waals surface area (Å²) >= 11 is 0. The van der Waals surface area contributed by atoms with Crippen molar-refractivity contribution in [2.45, 2.75) is 33.1 Å². The minimum Gasteiger partial charge on any atom is -0.478 e. The van der Waals surface area contributed by atoms with Crippen LogP contribution in [0.5, 0.6) is 0 Å². The number of pyridine rings is 1. The molecule has 0 aliphatic rings. The minimum absolute atomic E-state index is 0.232. The summed E-state index contributed by atoms with van der Waals surface area (Å²) in [6.45, 7) is 8.07. The number of aromatic carboxylic acids is 1. The number of carboxylic acid groups (broad SMARTS) is 1. The number of carbonyl (C=O) groups is 1. The van der Waals surface area contributed by atoms with Gasteiger partial charge >= 0.3 is 5.97 Å². The van der Waals surface area contributed by atoms with E-state index in [0.29, 0.717) is 5.56 Å². The summed E-state index contributed by atoms with van der Waals surface area (Å²) < 4.78 is 0. The standard InChI is InChI=1S/C15H17NO2/c1-9-5-6-10-12(7-9)16-8-11(14(17)18)13(10)15(2,3)4/h5-8H,1-4H3,(H,17,18). The summed E-state index contributed by atoms with van der Waals surface area (Å²) in [5.74, 6) is -0.921. The maximum Gasteiger partial charge on any atom is 0.337 e. The van der Waals surface area contributed by atoms with Gasteiger partial charge in [-0.15, -0.1) is 0 Å². The van der Waals surface area contributed by atoms with Crippen LogP contribution < -0.4 is 0 Å². The Hall–Kier alpha value is -1.90. The Labute approximate surface area is 106 Å². The molecule has 0 atom stereocenters. The van der Waals surface area contributed by atoms with E-state index in [-0.39, 0.29) is 5.41 Å². The van der Waals surface area contributed by atoms with E-state index in [1.807, 2.05) is 45.9 Å². The molecule has 94 valence electrons. The van der Waals surface area contributed by atoms with Crippen LogP contribution in [0.15, 0.2) is 24.4 Å². The molecule has 1 heterocycles. The zero-order valence-corrected chi connectivity index (χ0v) is 11.1. The average molecular weight is 243 g/mol. The third-order valence-corrected chi connectivity index (χ3v) is 3.01. The van der Waals surface area contributed by atoms with Crippen molar-refractivity contribution in [3.63, 3.8) is 0 Å². The van der Waals surface area contributed by atoms with E-state index in [1.165, 1.54) is 6.20 Å². The summed E-state index contributed by atoms with van der Waals surface area (Å²) in [6, 6.07) is 5.94. The van der Waals surface area contributed by atoms with E-state index >= 15 is 0 Å². The van der Waals surface area contributed by atoms with Crippen LogP contribution in [0.3, 0.4) is 0 Å². The molecular formula is C15H17NO2. The van der Waals surface area contributed by atoms with Crippen LogP contribution in [0.1, 0.15) is 42.3 Å². The van der Waals surface area contributed by atoms with Crippen LogP contribution in [0, 0.1) is 6.92 Å². The lowest BCUT2D eigenvalue weighted by atomic mass is 9.81. The highest BCUT2D eigenvalue weighted by atomic mass is 16.4. The first kappa shape index (κ1) is 12.6. The molecule has 0 radical (unpaired) electrons. The van der Waals surface area contributed by atoms with Gasteiger partial charge in [-0.3, -0.25) is 4.98 Å². The lowest BCUT2D eigenvalue weighted by molar-refractivity contribution is 0.0694. The molecule has 0 bridgehead atoms. The number of nitrogens with zero attached hydrogens (tertiary/aromatic N) is 1. The monoisotopic (exact) mass is 243 g/mol. The van der Waals surface area contributed by atoms with E-state index in [4.69, 9.17) is 0 Å². The highest BCUT2D eigenvalue weighted by Crippen LogP contribution is 2.32. The number of benzene rings is 1. The first-order valence-electron chi connectivity index (χ1n) is 5.94. The van der Waals surface area contributed by atoms with Crippen molar-refractivity contribution in [1.82, 2.24) is 4.98 Å². The van der Waals surface area contributed by atoms with Gasteiger partial charge in [0.2, 0.25) is 0 Å². The topological polar surface area (TPSA) is 50.2 Å². The smallest absolute Gasteiger partial charge is 0.337 e. The summed E-state index contributed by atoms with van der Waals surface area (Å²) in [4.78, 5) is 15.6. The van der Waals surface area contributed by atoms with E-state index in [0.717, 1.165) is 22.0 Å². The number of aromatic nitrogens is 1. The molecule has 2 rings (SSSR count). The third kappa shape index (κ3) is 2.08. The number of fused-ring (bicyclic) bond motifs is 1. The number of rotatable bonds is 1. The lowest BCUT2D eigenvalue weighted by Crippen LogP contribution is -2.18. The normalized spacial score (nSPS) is 11.8. The van der Waals surface area contributed by atoms with Crippen LogP contribution >= 0.6 is 0 Å². The highest BCUT2D eigenvalue weighted by molar-refractivity contribution is 5.96. The Morgan fingerprint density at radius 2 is 1.94 bits per heavy atom. The Morgan fingerprint density at radius 1 is 1.28 bits per heavy atom. The van der Waals surface area contributed by atoms with Gasteiger partial charge < -0.3 is 5.11 Å². The fourth-order valence-electron chi connectivity index (χ4n) is 2.27. The van der Waals surface area contributed by atoms with Crippen LogP contribution in [0.2, 0.25) is 0 Å². The second-order valence-electron chi connectivity index (χ2n) is 5.62. The van der Waals surface area contributed by atoms with Gasteiger partial charge in [0.1, 0.15) is 0 Å². The zero-order chi connectivity index (χ0) is 13.5. The molecule has 3 nitrogen and oxygen atoms in total. The number of hydrogen-bond donors (Lipinski definition) is 1. The van der Waals surface area contributed by atoms with E-state index in [1.54, 1.807) is 0 Å². The van der Waals surface area contributed by atoms with Crippen LogP contribution in [0.25, 0.3) is 10.9 Å². The summed E-state index contributed by atoms with van der Waals surface area (Å²) in [5.41, 5.74) is 2.88. The highest BCUT2D eigenvalue weighted by Gasteiger charge is 2.24. The fourth-order valence-corrected chi connectivity index (χ4v) is 2.27. The second kappa shape index (κ2) is 4.09. The molecule has 0 unspecified atom stereocenters. The van der Waals surface area contributed by atoms with Crippen LogP contribution in [-0.2, 0) is 5.41 Å². The van der Waals surface area contributed by atoms with Gasteiger partial charge in [0.05, 0.1) is 11.1 Å². The minimum atomic E-state index is -0.921. The van der Waals surface area contributed by atoms with Crippen molar-refractivity contribution in [1.29, 1.82) is 0 Å². The quantitative estimate of drug-likeness (QED) is 0.833. The number of aryl methyl sites for hydroxylation is 1. The van der Waals surface area contributed by atoms with Gasteiger partial charge in [-0.2, -0.15) is 0 Å². The van der Waals surface area contributed by atoms with Crippen molar-refractivity contribution in [2.75, 3.05) is 0 Å². The molecule has 1 aromatic carbocycles. The van der Waals surface area contributed by atoms with Crippen molar-refractivity contribution >= 4 is 16.9 Å². The van der Waals surface area contributed by atoms with Crippen molar-refractivity contribution in [3.8, 4) is 0 Å². The lowest BCUT2D eigenvalue weighted by Gasteiger charge is -2.23. The largest absolute Gasteiger partial charge is 0.478 e. The summed E-state index contributed by atoms with van der Waals surface area (Å²) in [6.07, 6.45) is 1.46. The predicted octanol–water partition coefficient (Wildman–Crippen LogP) is 3.54. The molecule has 0 aliphatic heterocycles. The fraction of sp³-hybridized carbons (Fsp3) is 0.333. The van der Waals surface area contributed by atoms with Gasteiger partial charge in [0, 0.05) is 11.6 Å². The van der Waals surface area contributed by atoms with Gasteiger partial charge in [-0.25, -0.2) is 4.79 Å². The molecule has 0 aliphatic carbocycles. The Bertz CT molecular complexity index is 624. The van der Waals surface area contributed by atoms with Gasteiger partial charge in [-0.05, 0) is 29.5 Å². The molecule has 0 saturated carbocycles. The first-order valence-corrected chi connectivity index (χ1v) is 5.94. The van der Waals surface area contributed by atoms with E-state index in [2.05, 4.69) is 4.98 Å². The zero-order valence-electron chi connectivity index (χ0n) is 11.1. The average Bonchev–Trinajstić information content (AvgIpc) is 2.25. The first-order chi connectivity index (χ1) is 8.30. The molecule has 1 N–H and O–H groups in total. The van der Waals surface area contributed by atoms with Gasteiger partial charge in [-0.1, -0.05) is 32.9 Å².